The molecule has 0 heterocycles. The van der Waals surface area contributed by atoms with Gasteiger partial charge in [0.1, 0.15) is 0 Å². The lowest BCUT2D eigenvalue weighted by Gasteiger charge is -2.17. The molecule has 0 aromatic heterocycles. The number of hydrogen-bond donors (Lipinski definition) is 0. The number of hydrogen-bond acceptors (Lipinski definition) is 7. The number of rotatable bonds is 8. The summed E-state index contributed by atoms with van der Waals surface area (Å²) in [6.45, 7) is 0. The molecule has 0 amide bonds. The van der Waals surface area contributed by atoms with E-state index in [1.54, 1.807) is 66.9 Å². The third-order valence-corrected chi connectivity index (χ3v) is 3.56. The summed E-state index contributed by atoms with van der Waals surface area (Å²) in [5.74, 6) is 3.92. The predicted molar refractivity (Wildman–Crippen MR) is 92.3 cm³/mol. The Morgan fingerprint density at radius 3 is 0.800 bits per heavy atom. The van der Waals surface area contributed by atoms with Crippen LogP contribution >= 0.6 is 0 Å². The molecule has 0 radical (unpaired) electrons. The van der Waals surface area contributed by atoms with Crippen molar-refractivity contribution in [3.8, 4) is 46.0 Å². The van der Waals surface area contributed by atoms with E-state index in [1.807, 2.05) is 0 Å². The van der Waals surface area contributed by atoms with Crippen molar-refractivity contribution in [1.82, 2.24) is 0 Å². The van der Waals surface area contributed by atoms with Gasteiger partial charge in [0.25, 0.3) is 0 Å². The van der Waals surface area contributed by atoms with Gasteiger partial charge in [0.2, 0.25) is 0 Å². The fourth-order valence-electron chi connectivity index (χ4n) is 2.28. The van der Waals surface area contributed by atoms with E-state index in [-0.39, 0.29) is 0 Å². The Kier molecular flexibility index (Phi) is 6.05. The quantitative estimate of drug-likeness (QED) is 0.721. The molecule has 2 aromatic rings. The lowest BCUT2D eigenvalue weighted by atomic mass is 10.2. The molecule has 0 bridgehead atoms. The highest BCUT2D eigenvalue weighted by atomic mass is 16.5. The van der Waals surface area contributed by atoms with Crippen molar-refractivity contribution in [3.63, 3.8) is 0 Å². The molecule has 7 heteroatoms. The van der Waals surface area contributed by atoms with Gasteiger partial charge in [0.15, 0.2) is 46.0 Å². The molecular weight excluding hydrogens is 328 g/mol. The van der Waals surface area contributed by atoms with Crippen LogP contribution in [0.3, 0.4) is 0 Å². The molecule has 0 atom stereocenters. The van der Waals surface area contributed by atoms with E-state index < -0.39 is 0 Å². The molecule has 0 spiro atoms. The Hall–Kier alpha value is -2.96. The first-order valence-corrected chi connectivity index (χ1v) is 7.39. The van der Waals surface area contributed by atoms with E-state index in [2.05, 4.69) is 0 Å². The molecular formula is C18H22O7. The SMILES string of the molecule is COc1cc(OC)c(Oc2cc(OC)c(OC)cc2OC)cc1OC. The van der Waals surface area contributed by atoms with E-state index >= 15 is 0 Å². The largest absolute Gasteiger partial charge is 0.493 e. The molecule has 7 nitrogen and oxygen atoms in total. The Morgan fingerprint density at radius 1 is 0.360 bits per heavy atom. The van der Waals surface area contributed by atoms with Gasteiger partial charge in [-0.1, -0.05) is 0 Å². The summed E-state index contributed by atoms with van der Waals surface area (Å²) in [5.41, 5.74) is 0. The van der Waals surface area contributed by atoms with Crippen molar-refractivity contribution >= 4 is 0 Å². The van der Waals surface area contributed by atoms with Gasteiger partial charge in [-0.3, -0.25) is 0 Å². The zero-order chi connectivity index (χ0) is 18.4. The van der Waals surface area contributed by atoms with Crippen LogP contribution in [0, 0.1) is 0 Å². The fourth-order valence-corrected chi connectivity index (χ4v) is 2.28. The van der Waals surface area contributed by atoms with Gasteiger partial charge < -0.3 is 33.2 Å². The Labute approximate surface area is 146 Å². The molecule has 2 rings (SSSR count). The highest BCUT2D eigenvalue weighted by Gasteiger charge is 2.18. The summed E-state index contributed by atoms with van der Waals surface area (Å²) in [5, 5.41) is 0. The molecule has 0 unspecified atom stereocenters. The predicted octanol–water partition coefficient (Wildman–Crippen LogP) is 3.53. The molecule has 0 aliphatic heterocycles. The van der Waals surface area contributed by atoms with Gasteiger partial charge in [0, 0.05) is 24.3 Å². The van der Waals surface area contributed by atoms with Crippen LogP contribution in [-0.4, -0.2) is 42.7 Å². The normalized spacial score (nSPS) is 10.0. The van der Waals surface area contributed by atoms with Crippen LogP contribution in [0.5, 0.6) is 46.0 Å². The van der Waals surface area contributed by atoms with E-state index in [9.17, 15) is 0 Å². The molecule has 25 heavy (non-hydrogen) atoms. The second-order valence-corrected chi connectivity index (χ2v) is 4.82. The van der Waals surface area contributed by atoms with Crippen molar-refractivity contribution in [1.29, 1.82) is 0 Å². The molecule has 0 aliphatic carbocycles. The molecule has 0 N–H and O–H groups in total. The summed E-state index contributed by atoms with van der Waals surface area (Å²) in [7, 11) is 9.28. The molecule has 136 valence electrons. The zero-order valence-electron chi connectivity index (χ0n) is 15.2. The topological polar surface area (TPSA) is 64.6 Å². The molecule has 0 fully saturated rings. The second-order valence-electron chi connectivity index (χ2n) is 4.82. The van der Waals surface area contributed by atoms with Gasteiger partial charge in [-0.25, -0.2) is 0 Å². The van der Waals surface area contributed by atoms with Crippen LogP contribution in [-0.2, 0) is 0 Å². The maximum absolute atomic E-state index is 5.99. The van der Waals surface area contributed by atoms with Gasteiger partial charge in [0.05, 0.1) is 42.7 Å². The first kappa shape index (κ1) is 18.4. The van der Waals surface area contributed by atoms with Crippen LogP contribution in [0.25, 0.3) is 0 Å². The number of benzene rings is 2. The van der Waals surface area contributed by atoms with E-state index in [0.717, 1.165) is 0 Å². The Morgan fingerprint density at radius 2 is 0.560 bits per heavy atom. The van der Waals surface area contributed by atoms with Crippen molar-refractivity contribution in [2.24, 2.45) is 0 Å². The maximum Gasteiger partial charge on any atom is 0.173 e. The summed E-state index contributed by atoms with van der Waals surface area (Å²) in [6, 6.07) is 6.71. The molecule has 0 saturated carbocycles. The molecule has 2 aromatic carbocycles. The number of methoxy groups -OCH3 is 6. The Balaban J connectivity index is 2.51. The minimum atomic E-state index is 0.436. The van der Waals surface area contributed by atoms with E-state index in [1.165, 1.54) is 0 Å². The van der Waals surface area contributed by atoms with Crippen molar-refractivity contribution in [3.05, 3.63) is 24.3 Å². The van der Waals surface area contributed by atoms with Crippen LogP contribution in [0.2, 0.25) is 0 Å². The minimum absolute atomic E-state index is 0.436. The fraction of sp³-hybridized carbons (Fsp3) is 0.333. The maximum atomic E-state index is 5.99. The van der Waals surface area contributed by atoms with Gasteiger partial charge in [-0.05, 0) is 0 Å². The van der Waals surface area contributed by atoms with Crippen LogP contribution in [0.15, 0.2) is 24.3 Å². The van der Waals surface area contributed by atoms with Crippen LogP contribution < -0.4 is 33.2 Å². The third kappa shape index (κ3) is 3.76. The smallest absolute Gasteiger partial charge is 0.173 e. The highest BCUT2D eigenvalue weighted by Crippen LogP contribution is 2.45. The average Bonchev–Trinajstić information content (AvgIpc) is 2.66. The zero-order valence-corrected chi connectivity index (χ0v) is 15.2. The van der Waals surface area contributed by atoms with Crippen molar-refractivity contribution < 1.29 is 33.2 Å². The summed E-state index contributed by atoms with van der Waals surface area (Å²) < 4.78 is 37.9. The first-order chi connectivity index (χ1) is 12.1. The average molecular weight is 350 g/mol. The Bertz CT molecular complexity index is 666. The van der Waals surface area contributed by atoms with Crippen molar-refractivity contribution in [2.45, 2.75) is 0 Å². The van der Waals surface area contributed by atoms with Crippen LogP contribution in [0.1, 0.15) is 0 Å². The van der Waals surface area contributed by atoms with E-state index in [0.29, 0.717) is 46.0 Å². The van der Waals surface area contributed by atoms with Gasteiger partial charge in [-0.2, -0.15) is 0 Å². The summed E-state index contributed by atoms with van der Waals surface area (Å²) in [4.78, 5) is 0. The lowest BCUT2D eigenvalue weighted by molar-refractivity contribution is 0.326. The van der Waals surface area contributed by atoms with E-state index in [4.69, 9.17) is 33.2 Å². The van der Waals surface area contributed by atoms with Gasteiger partial charge >= 0.3 is 0 Å². The molecule has 0 saturated heterocycles. The molecule has 0 aliphatic rings. The highest BCUT2D eigenvalue weighted by molar-refractivity contribution is 5.59. The standard InChI is InChI=1S/C18H22O7/c1-19-11-7-15(23-5)17(9-13(11)21-3)25-18-10-14(22-4)12(20-2)8-16(18)24-6/h7-10H,1-6H3. The summed E-state index contributed by atoms with van der Waals surface area (Å²) in [6.07, 6.45) is 0. The third-order valence-electron chi connectivity index (χ3n) is 3.56. The summed E-state index contributed by atoms with van der Waals surface area (Å²) >= 11 is 0. The monoisotopic (exact) mass is 350 g/mol. The van der Waals surface area contributed by atoms with Gasteiger partial charge in [-0.15, -0.1) is 0 Å². The minimum Gasteiger partial charge on any atom is -0.493 e. The number of ether oxygens (including phenoxy) is 7. The van der Waals surface area contributed by atoms with Crippen LogP contribution in [0.4, 0.5) is 0 Å². The second kappa shape index (κ2) is 8.23. The lowest BCUT2D eigenvalue weighted by Crippen LogP contribution is -1.98. The first-order valence-electron chi connectivity index (χ1n) is 7.39. The van der Waals surface area contributed by atoms with Crippen molar-refractivity contribution in [2.75, 3.05) is 42.7 Å².